The van der Waals surface area contributed by atoms with Gasteiger partial charge in [-0.3, -0.25) is 4.79 Å². The zero-order valence-corrected chi connectivity index (χ0v) is 20.5. The summed E-state index contributed by atoms with van der Waals surface area (Å²) < 4.78 is 19.5. The number of thiol groups is 1. The van der Waals surface area contributed by atoms with Crippen LogP contribution in [0.2, 0.25) is 0 Å². The maximum atomic E-state index is 13.4. The van der Waals surface area contributed by atoms with Crippen molar-refractivity contribution in [3.8, 4) is 0 Å². The van der Waals surface area contributed by atoms with E-state index in [-0.39, 0.29) is 22.2 Å². The number of allylic oxidation sites excluding steroid dienone is 1. The van der Waals surface area contributed by atoms with Crippen LogP contribution in [0.15, 0.2) is 69.5 Å². The summed E-state index contributed by atoms with van der Waals surface area (Å²) in [6.07, 6.45) is 1.92. The Bertz CT molecular complexity index is 1180. The highest BCUT2D eigenvalue weighted by Gasteiger charge is 2.41. The van der Waals surface area contributed by atoms with E-state index in [2.05, 4.69) is 6.92 Å². The van der Waals surface area contributed by atoms with Gasteiger partial charge in [-0.1, -0.05) is 31.2 Å². The van der Waals surface area contributed by atoms with Crippen molar-refractivity contribution < 1.29 is 23.8 Å². The molecule has 2 heterocycles. The minimum absolute atomic E-state index is 0.0488. The van der Waals surface area contributed by atoms with E-state index in [1.807, 2.05) is 26.0 Å². The van der Waals surface area contributed by atoms with E-state index in [0.717, 1.165) is 26.5 Å². The average Bonchev–Trinajstić information content (AvgIpc) is 3.10. The second kappa shape index (κ2) is 9.39. The van der Waals surface area contributed by atoms with Gasteiger partial charge in [0.25, 0.3) is 0 Å². The van der Waals surface area contributed by atoms with Gasteiger partial charge in [-0.15, -0.1) is 0 Å². The minimum atomic E-state index is -0.963. The number of carboxylic acid groups (broad SMARTS) is 1. The summed E-state index contributed by atoms with van der Waals surface area (Å²) >= 11 is 0. The molecule has 2 aliphatic heterocycles. The van der Waals surface area contributed by atoms with Gasteiger partial charge >= 0.3 is 5.97 Å². The number of primary amides is 1. The third-order valence-corrected chi connectivity index (χ3v) is 9.64. The Hall–Kier alpha value is -2.90. The predicted molar refractivity (Wildman–Crippen MR) is 133 cm³/mol. The number of carboxylic acids is 1. The van der Waals surface area contributed by atoms with Gasteiger partial charge in [0.2, 0.25) is 5.91 Å². The van der Waals surface area contributed by atoms with E-state index in [0.29, 0.717) is 31.4 Å². The largest absolute Gasteiger partial charge is 0.478 e. The molecule has 4 rings (SSSR count). The Morgan fingerprint density at radius 3 is 2.35 bits per heavy atom. The highest BCUT2D eigenvalue weighted by Crippen LogP contribution is 2.64. The summed E-state index contributed by atoms with van der Waals surface area (Å²) in [6, 6.07) is 13.4. The van der Waals surface area contributed by atoms with E-state index in [1.165, 1.54) is 12.1 Å². The highest BCUT2D eigenvalue weighted by atomic mass is 32.2. The molecule has 1 amide bonds. The molecule has 0 radical (unpaired) electrons. The van der Waals surface area contributed by atoms with Crippen molar-refractivity contribution in [1.29, 1.82) is 0 Å². The molecule has 2 aliphatic rings. The van der Waals surface area contributed by atoms with Crippen LogP contribution in [0.5, 0.6) is 0 Å². The van der Waals surface area contributed by atoms with Gasteiger partial charge in [-0.05, 0) is 77.5 Å². The Kier molecular flexibility index (Phi) is 6.69. The fourth-order valence-electron chi connectivity index (χ4n) is 4.81. The number of hydrogen-bond donors (Lipinski definition) is 3. The fourth-order valence-corrected chi connectivity index (χ4v) is 8.06. The van der Waals surface area contributed by atoms with E-state index < -0.39 is 22.8 Å². The monoisotopic (exact) mass is 483 g/mol. The molecule has 0 aliphatic carbocycles. The lowest BCUT2D eigenvalue weighted by Crippen LogP contribution is -2.31. The maximum Gasteiger partial charge on any atom is 0.335 e. The number of halogens is 1. The van der Waals surface area contributed by atoms with Gasteiger partial charge in [-0.25, -0.2) is 9.18 Å². The molecule has 2 aromatic rings. The Balaban J connectivity index is 1.74. The van der Waals surface area contributed by atoms with Crippen LogP contribution in [-0.2, 0) is 16.0 Å². The van der Waals surface area contributed by atoms with Crippen molar-refractivity contribution in [1.82, 2.24) is 0 Å². The SMILES string of the molecule is C[C@@H](c1ccc(C(=O)O)cc1)[SH]1C2=C(CC(C)(C)OC2)C(C(N)=O)=C1CCc1ccc(F)cc1. The molecule has 7 heteroatoms. The van der Waals surface area contributed by atoms with Crippen molar-refractivity contribution in [3.05, 3.63) is 92.0 Å². The molecule has 34 heavy (non-hydrogen) atoms. The van der Waals surface area contributed by atoms with Crippen LogP contribution >= 0.6 is 10.9 Å². The number of carbonyl (C=O) groups excluding carboxylic acids is 1. The van der Waals surface area contributed by atoms with Crippen LogP contribution in [0.1, 0.15) is 60.3 Å². The molecule has 0 fully saturated rings. The van der Waals surface area contributed by atoms with Crippen LogP contribution < -0.4 is 5.73 Å². The standard InChI is InChI=1S/C27H30FNO4S/c1-16(18-7-9-19(10-8-18)26(31)32)34-22(13-6-17-4-11-20(28)12-5-17)24(25(29)30)21-14-27(2,3)33-15-23(21)34/h4-5,7-12,16,34H,6,13-15H2,1-3H3,(H2,29,30)(H,31,32)/t16-/m0/s1. The molecule has 0 aromatic heterocycles. The lowest BCUT2D eigenvalue weighted by Gasteiger charge is -2.36. The summed E-state index contributed by atoms with van der Waals surface area (Å²) in [7, 11) is -0.932. The molecule has 180 valence electrons. The summed E-state index contributed by atoms with van der Waals surface area (Å²) in [4.78, 5) is 26.2. The number of hydrogen-bond acceptors (Lipinski definition) is 3. The maximum absolute atomic E-state index is 13.4. The van der Waals surface area contributed by atoms with Crippen molar-refractivity contribution in [2.75, 3.05) is 6.61 Å². The smallest absolute Gasteiger partial charge is 0.335 e. The van der Waals surface area contributed by atoms with Crippen molar-refractivity contribution in [2.45, 2.75) is 50.9 Å². The van der Waals surface area contributed by atoms with Crippen molar-refractivity contribution in [2.24, 2.45) is 5.73 Å². The molecule has 0 spiro atoms. The number of ether oxygens (including phenoxy) is 1. The van der Waals surface area contributed by atoms with E-state index in [9.17, 15) is 19.1 Å². The van der Waals surface area contributed by atoms with E-state index in [4.69, 9.17) is 10.5 Å². The van der Waals surface area contributed by atoms with Crippen LogP contribution in [-0.4, -0.2) is 29.2 Å². The first-order valence-corrected chi connectivity index (χ1v) is 12.7. The average molecular weight is 484 g/mol. The second-order valence-corrected chi connectivity index (χ2v) is 12.0. The van der Waals surface area contributed by atoms with Gasteiger partial charge in [0.15, 0.2) is 0 Å². The molecular weight excluding hydrogens is 453 g/mol. The molecule has 3 N–H and O–H groups in total. The van der Waals surface area contributed by atoms with Gasteiger partial charge in [0, 0.05) is 11.7 Å². The zero-order chi connectivity index (χ0) is 24.6. The lowest BCUT2D eigenvalue weighted by molar-refractivity contribution is -0.114. The first-order chi connectivity index (χ1) is 16.1. The normalized spacial score (nSPS) is 21.4. The Labute approximate surface area is 201 Å². The number of benzene rings is 2. The predicted octanol–water partition coefficient (Wildman–Crippen LogP) is 5.42. The number of nitrogens with two attached hydrogens (primary N) is 1. The van der Waals surface area contributed by atoms with E-state index >= 15 is 0 Å². The van der Waals surface area contributed by atoms with Gasteiger partial charge in [-0.2, -0.15) is 10.9 Å². The Morgan fingerprint density at radius 1 is 1.12 bits per heavy atom. The molecule has 5 nitrogen and oxygen atoms in total. The summed E-state index contributed by atoms with van der Waals surface area (Å²) in [5.74, 6) is -1.66. The van der Waals surface area contributed by atoms with E-state index in [1.54, 1.807) is 24.3 Å². The molecule has 0 saturated heterocycles. The van der Waals surface area contributed by atoms with Gasteiger partial charge in [0.05, 0.1) is 23.3 Å². The molecule has 1 unspecified atom stereocenters. The molecular formula is C27H30FNO4S. The molecule has 0 bridgehead atoms. The van der Waals surface area contributed by atoms with Crippen LogP contribution in [0.4, 0.5) is 4.39 Å². The topological polar surface area (TPSA) is 89.6 Å². The number of amides is 1. The number of carbonyl (C=O) groups is 2. The van der Waals surface area contributed by atoms with Crippen molar-refractivity contribution in [3.63, 3.8) is 0 Å². The summed E-state index contributed by atoms with van der Waals surface area (Å²) in [5.41, 5.74) is 9.45. The number of rotatable bonds is 7. The first kappa shape index (κ1) is 24.2. The quantitative estimate of drug-likeness (QED) is 0.459. The number of aromatic carboxylic acids is 1. The second-order valence-electron chi connectivity index (χ2n) is 9.44. The first-order valence-electron chi connectivity index (χ1n) is 11.3. The molecule has 2 aromatic carbocycles. The van der Waals surface area contributed by atoms with Crippen LogP contribution in [0, 0.1) is 5.82 Å². The van der Waals surface area contributed by atoms with Crippen molar-refractivity contribution >= 4 is 22.8 Å². The fraction of sp³-hybridized carbons (Fsp3) is 0.333. The Morgan fingerprint density at radius 2 is 1.76 bits per heavy atom. The third-order valence-electron chi connectivity index (χ3n) is 6.56. The molecule has 0 saturated carbocycles. The minimum Gasteiger partial charge on any atom is -0.478 e. The zero-order valence-electron chi connectivity index (χ0n) is 19.6. The van der Waals surface area contributed by atoms with Gasteiger partial charge in [0.1, 0.15) is 5.82 Å². The lowest BCUT2D eigenvalue weighted by atomic mass is 9.90. The summed E-state index contributed by atoms with van der Waals surface area (Å²) in [5, 5.41) is 9.31. The number of aryl methyl sites for hydroxylation is 1. The van der Waals surface area contributed by atoms with Gasteiger partial charge < -0.3 is 15.6 Å². The van der Waals surface area contributed by atoms with Crippen LogP contribution in [0.25, 0.3) is 0 Å². The van der Waals surface area contributed by atoms with Crippen LogP contribution in [0.3, 0.4) is 0 Å². The summed E-state index contributed by atoms with van der Waals surface area (Å²) in [6.45, 7) is 6.60. The molecule has 2 atom stereocenters. The highest BCUT2D eigenvalue weighted by molar-refractivity contribution is 8.24. The third kappa shape index (κ3) is 4.81.